The van der Waals surface area contributed by atoms with Crippen molar-refractivity contribution >= 4 is 5.69 Å². The zero-order valence-electron chi connectivity index (χ0n) is 5.06. The summed E-state index contributed by atoms with van der Waals surface area (Å²) in [5, 5.41) is 0. The number of nitrogens with two attached hydrogens (primary N) is 1. The molecule has 0 radical (unpaired) electrons. The van der Waals surface area contributed by atoms with Crippen molar-refractivity contribution < 1.29 is 4.39 Å². The number of aromatic nitrogens is 1. The number of halogens is 1. The molecule has 0 aromatic carbocycles. The van der Waals surface area contributed by atoms with Gasteiger partial charge in [-0.25, -0.2) is 4.39 Å². The third-order valence-corrected chi connectivity index (χ3v) is 1.14. The first-order valence-corrected chi connectivity index (χ1v) is 2.57. The Morgan fingerprint density at radius 2 is 2.10 bits per heavy atom. The maximum atomic E-state index is 12.4. The lowest BCUT2D eigenvalue weighted by molar-refractivity contribution is 0.625. The highest BCUT2D eigenvalue weighted by atomic mass is 19.1. The van der Waals surface area contributed by atoms with Gasteiger partial charge in [0, 0.05) is 6.20 Å². The number of pyridine rings is 1. The molecule has 0 bridgehead atoms. The van der Waals surface area contributed by atoms with Gasteiger partial charge in [0.05, 0.1) is 11.9 Å². The van der Waals surface area contributed by atoms with Crippen LogP contribution in [0.2, 0.25) is 0 Å². The van der Waals surface area contributed by atoms with Crippen LogP contribution in [0.5, 0.6) is 0 Å². The molecule has 0 aliphatic heterocycles. The van der Waals surface area contributed by atoms with Gasteiger partial charge in [0.25, 0.3) is 0 Å². The van der Waals surface area contributed by atoms with Gasteiger partial charge in [0.15, 0.2) is 5.82 Å². The third kappa shape index (κ3) is 1.43. The van der Waals surface area contributed by atoms with Crippen molar-refractivity contribution in [2.45, 2.75) is 14.4 Å². The number of nitrogen functional groups attached to an aromatic ring is 1. The van der Waals surface area contributed by atoms with Crippen molar-refractivity contribution in [1.82, 2.24) is 4.98 Å². The number of hydrogen-bond donors (Lipinski definition) is 1. The molecule has 3 heteroatoms. The van der Waals surface area contributed by atoms with Crippen molar-refractivity contribution in [3.63, 3.8) is 0 Å². The van der Waals surface area contributed by atoms with E-state index in [1.807, 2.05) is 0 Å². The average Bonchev–Trinajstić information content (AvgIpc) is 1.83. The number of anilines is 1. The van der Waals surface area contributed by atoms with Crippen LogP contribution in [0.4, 0.5) is 10.1 Å². The summed E-state index contributed by atoms with van der Waals surface area (Å²) in [4.78, 5) is 3.59. The molecule has 2 nitrogen and oxygen atoms in total. The molecule has 0 saturated heterocycles. The highest BCUT2D eigenvalue weighted by Gasteiger charge is 1.98. The normalized spacial score (nSPS) is 8.60. The Labute approximate surface area is 59.9 Å². The van der Waals surface area contributed by atoms with Crippen molar-refractivity contribution in [2.75, 3.05) is 5.73 Å². The monoisotopic (exact) mass is 142 g/mol. The second-order valence-corrected chi connectivity index (χ2v) is 1.85. The van der Waals surface area contributed by atoms with Gasteiger partial charge in [-0.05, 0) is 12.5 Å². The molecule has 10 heavy (non-hydrogen) atoms. The summed E-state index contributed by atoms with van der Waals surface area (Å²) in [6, 6.07) is 0. The molecule has 0 aliphatic carbocycles. The van der Waals surface area contributed by atoms with Gasteiger partial charge < -0.3 is 5.73 Å². The van der Waals surface area contributed by atoms with Crippen LogP contribution < -0.4 is 5.73 Å². The lowest BCUT2D eigenvalue weighted by Gasteiger charge is -1.96. The molecule has 0 atom stereocenters. The molecule has 1 rings (SSSR count). The van der Waals surface area contributed by atoms with E-state index in [1.165, 1.54) is 6.20 Å². The Morgan fingerprint density at radius 1 is 1.50 bits per heavy atom. The van der Waals surface area contributed by atoms with E-state index in [0.717, 1.165) is 6.20 Å². The number of aryl methyl sites for hydroxylation is 1. The van der Waals surface area contributed by atoms with Crippen LogP contribution in [0.1, 0.15) is 13.0 Å². The van der Waals surface area contributed by atoms with Gasteiger partial charge in [-0.15, -0.1) is 0 Å². The molecule has 1 aromatic rings. The molecule has 1 aromatic heterocycles. The highest BCUT2D eigenvalue weighted by Crippen LogP contribution is 2.11. The molecule has 1 heterocycles. The Hall–Kier alpha value is -1.12. The van der Waals surface area contributed by atoms with Gasteiger partial charge in [-0.1, -0.05) is 7.43 Å². The summed E-state index contributed by atoms with van der Waals surface area (Å²) >= 11 is 0. The van der Waals surface area contributed by atoms with E-state index in [4.69, 9.17) is 5.73 Å². The minimum absolute atomic E-state index is 0. The fourth-order valence-electron chi connectivity index (χ4n) is 0.542. The Bertz CT molecular complexity index is 203. The highest BCUT2D eigenvalue weighted by molar-refractivity contribution is 5.44. The van der Waals surface area contributed by atoms with Crippen LogP contribution >= 0.6 is 0 Å². The zero-order chi connectivity index (χ0) is 6.85. The van der Waals surface area contributed by atoms with Gasteiger partial charge >= 0.3 is 0 Å². The van der Waals surface area contributed by atoms with Gasteiger partial charge in [-0.2, -0.15) is 0 Å². The maximum absolute atomic E-state index is 12.4. The van der Waals surface area contributed by atoms with Crippen molar-refractivity contribution in [1.29, 1.82) is 0 Å². The summed E-state index contributed by atoms with van der Waals surface area (Å²) in [6.45, 7) is 1.71. The van der Waals surface area contributed by atoms with Crippen molar-refractivity contribution in [3.8, 4) is 0 Å². The average molecular weight is 142 g/mol. The van der Waals surface area contributed by atoms with E-state index >= 15 is 0 Å². The molecule has 56 valence electrons. The topological polar surface area (TPSA) is 38.9 Å². The summed E-state index contributed by atoms with van der Waals surface area (Å²) in [5.41, 5.74) is 6.13. The molecular formula is C7H11FN2. The Kier molecular flexibility index (Phi) is 2.80. The standard InChI is InChI=1S/C6H7FN2.CH4/c1-4-2-9-3-5(7)6(4)8;/h2-3H,1H3,(H2,8,9);1H4. The Morgan fingerprint density at radius 3 is 2.50 bits per heavy atom. The van der Waals surface area contributed by atoms with Crippen molar-refractivity contribution in [3.05, 3.63) is 23.8 Å². The van der Waals surface area contributed by atoms with Gasteiger partial charge in [0.1, 0.15) is 0 Å². The minimum atomic E-state index is -0.449. The van der Waals surface area contributed by atoms with Crippen LogP contribution in [-0.4, -0.2) is 4.98 Å². The van der Waals surface area contributed by atoms with Crippen LogP contribution in [0.15, 0.2) is 12.4 Å². The van der Waals surface area contributed by atoms with Gasteiger partial charge in [-0.3, -0.25) is 4.98 Å². The summed E-state index contributed by atoms with van der Waals surface area (Å²) < 4.78 is 12.4. The fourth-order valence-corrected chi connectivity index (χ4v) is 0.542. The summed E-state index contributed by atoms with van der Waals surface area (Å²) in [6.07, 6.45) is 2.63. The van der Waals surface area contributed by atoms with E-state index in [9.17, 15) is 4.39 Å². The molecule has 0 spiro atoms. The molecular weight excluding hydrogens is 131 g/mol. The van der Waals surface area contributed by atoms with E-state index in [0.29, 0.717) is 5.56 Å². The van der Waals surface area contributed by atoms with Gasteiger partial charge in [0.2, 0.25) is 0 Å². The quantitative estimate of drug-likeness (QED) is 0.599. The number of rotatable bonds is 0. The van der Waals surface area contributed by atoms with Crippen LogP contribution in [0, 0.1) is 12.7 Å². The largest absolute Gasteiger partial charge is 0.396 e. The predicted molar refractivity (Wildman–Crippen MR) is 40.1 cm³/mol. The first-order chi connectivity index (χ1) is 4.22. The third-order valence-electron chi connectivity index (χ3n) is 1.14. The number of hydrogen-bond acceptors (Lipinski definition) is 2. The lowest BCUT2D eigenvalue weighted by atomic mass is 10.3. The van der Waals surface area contributed by atoms with E-state index < -0.39 is 5.82 Å². The summed E-state index contributed by atoms with van der Waals surface area (Å²) in [5.74, 6) is -0.449. The molecule has 0 aliphatic rings. The fraction of sp³-hybridized carbons (Fsp3) is 0.286. The SMILES string of the molecule is C.Cc1cncc(F)c1N. The maximum Gasteiger partial charge on any atom is 0.164 e. The second-order valence-electron chi connectivity index (χ2n) is 1.85. The first-order valence-electron chi connectivity index (χ1n) is 2.57. The first kappa shape index (κ1) is 8.88. The second kappa shape index (κ2) is 3.15. The smallest absolute Gasteiger partial charge is 0.164 e. The lowest BCUT2D eigenvalue weighted by Crippen LogP contribution is -1.94. The van der Waals surface area contributed by atoms with E-state index in [1.54, 1.807) is 6.92 Å². The Balaban J connectivity index is 0.000000810. The van der Waals surface area contributed by atoms with Crippen LogP contribution in [-0.2, 0) is 0 Å². The molecule has 0 unspecified atom stereocenters. The van der Waals surface area contributed by atoms with E-state index in [2.05, 4.69) is 4.98 Å². The summed E-state index contributed by atoms with van der Waals surface area (Å²) in [7, 11) is 0. The zero-order valence-corrected chi connectivity index (χ0v) is 5.06. The van der Waals surface area contributed by atoms with Crippen LogP contribution in [0.3, 0.4) is 0 Å². The van der Waals surface area contributed by atoms with E-state index in [-0.39, 0.29) is 13.1 Å². The minimum Gasteiger partial charge on any atom is -0.396 e. The van der Waals surface area contributed by atoms with Crippen LogP contribution in [0.25, 0.3) is 0 Å². The molecule has 0 fully saturated rings. The predicted octanol–water partition coefficient (Wildman–Crippen LogP) is 1.75. The molecule has 0 saturated carbocycles. The van der Waals surface area contributed by atoms with Crippen molar-refractivity contribution in [2.24, 2.45) is 0 Å². The molecule has 0 amide bonds. The molecule has 2 N–H and O–H groups in total. The number of nitrogens with zero attached hydrogens (tertiary/aromatic N) is 1.